The van der Waals surface area contributed by atoms with Crippen LogP contribution in [0.3, 0.4) is 0 Å². The Hall–Kier alpha value is -2.43. The van der Waals surface area contributed by atoms with Gasteiger partial charge in [-0.1, -0.05) is 18.2 Å². The number of para-hydroxylation sites is 1. The van der Waals surface area contributed by atoms with E-state index in [1.54, 1.807) is 18.5 Å². The first-order valence-corrected chi connectivity index (χ1v) is 5.20. The number of nitrogens with one attached hydrogen (secondary N) is 2. The lowest BCUT2D eigenvalue weighted by atomic mass is 10.3. The second-order valence-electron chi connectivity index (χ2n) is 3.34. The largest absolute Gasteiger partial charge is 0.376 e. The van der Waals surface area contributed by atoms with Gasteiger partial charge in [0, 0.05) is 18.1 Å². The molecule has 0 bridgehead atoms. The number of hydrogen-bond acceptors (Lipinski definition) is 4. The predicted molar refractivity (Wildman–Crippen MR) is 65.6 cm³/mol. The van der Waals surface area contributed by atoms with E-state index in [0.717, 1.165) is 5.69 Å². The summed E-state index contributed by atoms with van der Waals surface area (Å²) in [5, 5.41) is 5.59. The molecule has 2 rings (SSSR count). The summed E-state index contributed by atoms with van der Waals surface area (Å²) < 4.78 is 0. The van der Waals surface area contributed by atoms with Crippen LogP contribution >= 0.6 is 0 Å². The van der Waals surface area contributed by atoms with Crippen molar-refractivity contribution in [3.05, 3.63) is 48.8 Å². The van der Waals surface area contributed by atoms with Crippen molar-refractivity contribution < 1.29 is 4.79 Å². The van der Waals surface area contributed by atoms with Crippen molar-refractivity contribution in [3.63, 3.8) is 0 Å². The highest BCUT2D eigenvalue weighted by Gasteiger charge is 2.02. The Labute approximate surface area is 98.9 Å². The van der Waals surface area contributed by atoms with Crippen LogP contribution in [0.4, 0.5) is 11.6 Å². The third-order valence-electron chi connectivity index (χ3n) is 2.04. The lowest BCUT2D eigenvalue weighted by Gasteiger charge is -2.05. The molecule has 1 amide bonds. The fourth-order valence-electron chi connectivity index (χ4n) is 1.27. The first-order valence-electron chi connectivity index (χ1n) is 5.20. The maximum Gasteiger partial charge on any atom is 0.246 e. The van der Waals surface area contributed by atoms with Crippen molar-refractivity contribution >= 4 is 17.5 Å². The topological polar surface area (TPSA) is 66.9 Å². The maximum absolute atomic E-state index is 11.5. The highest BCUT2D eigenvalue weighted by molar-refractivity contribution is 5.92. The van der Waals surface area contributed by atoms with Crippen LogP contribution in [0.5, 0.6) is 0 Å². The van der Waals surface area contributed by atoms with E-state index in [-0.39, 0.29) is 12.5 Å². The summed E-state index contributed by atoms with van der Waals surface area (Å²) in [7, 11) is 0. The number of carbonyl (C=O) groups is 1. The molecular formula is C12H12N4O. The zero-order valence-corrected chi connectivity index (χ0v) is 9.13. The SMILES string of the molecule is O=C(CNc1ccccc1)Nc1ncccn1. The van der Waals surface area contributed by atoms with Gasteiger partial charge in [-0.05, 0) is 18.2 Å². The van der Waals surface area contributed by atoms with Gasteiger partial charge in [-0.25, -0.2) is 9.97 Å². The van der Waals surface area contributed by atoms with E-state index in [9.17, 15) is 4.79 Å². The van der Waals surface area contributed by atoms with Crippen LogP contribution < -0.4 is 10.6 Å². The van der Waals surface area contributed by atoms with Crippen molar-refractivity contribution in [2.75, 3.05) is 17.2 Å². The normalized spacial score (nSPS) is 9.65. The molecule has 1 heterocycles. The smallest absolute Gasteiger partial charge is 0.246 e. The van der Waals surface area contributed by atoms with Gasteiger partial charge in [-0.15, -0.1) is 0 Å². The van der Waals surface area contributed by atoms with Crippen molar-refractivity contribution in [1.82, 2.24) is 9.97 Å². The molecule has 2 aromatic rings. The van der Waals surface area contributed by atoms with Gasteiger partial charge in [-0.3, -0.25) is 10.1 Å². The Bertz CT molecular complexity index is 472. The minimum atomic E-state index is -0.181. The minimum Gasteiger partial charge on any atom is -0.376 e. The summed E-state index contributed by atoms with van der Waals surface area (Å²) >= 11 is 0. The summed E-state index contributed by atoms with van der Waals surface area (Å²) in [6.45, 7) is 0.183. The first kappa shape index (κ1) is 11.1. The molecule has 0 saturated heterocycles. The molecule has 0 aliphatic heterocycles. The molecule has 0 atom stereocenters. The van der Waals surface area contributed by atoms with E-state index < -0.39 is 0 Å². The zero-order valence-electron chi connectivity index (χ0n) is 9.13. The van der Waals surface area contributed by atoms with Gasteiger partial charge in [0.1, 0.15) is 0 Å². The average molecular weight is 228 g/mol. The van der Waals surface area contributed by atoms with Gasteiger partial charge in [0.25, 0.3) is 0 Å². The summed E-state index contributed by atoms with van der Waals surface area (Å²) in [6.07, 6.45) is 3.15. The van der Waals surface area contributed by atoms with Crippen molar-refractivity contribution in [1.29, 1.82) is 0 Å². The second kappa shape index (κ2) is 5.60. The molecule has 0 radical (unpaired) electrons. The van der Waals surface area contributed by atoms with Gasteiger partial charge in [0.2, 0.25) is 11.9 Å². The molecule has 5 heteroatoms. The molecule has 0 aliphatic carbocycles. The Morgan fingerprint density at radius 3 is 2.47 bits per heavy atom. The Kier molecular flexibility index (Phi) is 3.64. The highest BCUT2D eigenvalue weighted by atomic mass is 16.2. The molecule has 86 valence electrons. The number of anilines is 2. The number of rotatable bonds is 4. The molecule has 1 aromatic heterocycles. The Balaban J connectivity index is 1.83. The number of benzene rings is 1. The fraction of sp³-hybridized carbons (Fsp3) is 0.0833. The fourth-order valence-corrected chi connectivity index (χ4v) is 1.27. The number of amides is 1. The van der Waals surface area contributed by atoms with E-state index in [1.807, 2.05) is 30.3 Å². The lowest BCUT2D eigenvalue weighted by molar-refractivity contribution is -0.114. The molecule has 0 aliphatic rings. The van der Waals surface area contributed by atoms with E-state index >= 15 is 0 Å². The number of nitrogens with zero attached hydrogens (tertiary/aromatic N) is 2. The first-order chi connectivity index (χ1) is 8.34. The van der Waals surface area contributed by atoms with Crippen LogP contribution in [0.15, 0.2) is 48.8 Å². The number of aromatic nitrogens is 2. The molecule has 2 N–H and O–H groups in total. The van der Waals surface area contributed by atoms with Gasteiger partial charge in [0.05, 0.1) is 6.54 Å². The van der Waals surface area contributed by atoms with E-state index in [2.05, 4.69) is 20.6 Å². The second-order valence-corrected chi connectivity index (χ2v) is 3.34. The van der Waals surface area contributed by atoms with Gasteiger partial charge in [-0.2, -0.15) is 0 Å². The molecular weight excluding hydrogens is 216 g/mol. The van der Waals surface area contributed by atoms with Gasteiger partial charge in [0.15, 0.2) is 0 Å². The van der Waals surface area contributed by atoms with Crippen LogP contribution in [-0.4, -0.2) is 22.4 Å². The zero-order chi connectivity index (χ0) is 11.9. The Morgan fingerprint density at radius 2 is 1.76 bits per heavy atom. The molecule has 5 nitrogen and oxygen atoms in total. The molecule has 1 aromatic carbocycles. The van der Waals surface area contributed by atoms with Crippen molar-refractivity contribution in [3.8, 4) is 0 Å². The monoisotopic (exact) mass is 228 g/mol. The van der Waals surface area contributed by atoms with Crippen molar-refractivity contribution in [2.24, 2.45) is 0 Å². The lowest BCUT2D eigenvalue weighted by Crippen LogP contribution is -2.22. The molecule has 0 saturated carbocycles. The van der Waals surface area contributed by atoms with Gasteiger partial charge >= 0.3 is 0 Å². The summed E-state index contributed by atoms with van der Waals surface area (Å²) in [6, 6.07) is 11.2. The van der Waals surface area contributed by atoms with Crippen LogP contribution in [0.1, 0.15) is 0 Å². The number of hydrogen-bond donors (Lipinski definition) is 2. The number of carbonyl (C=O) groups excluding carboxylic acids is 1. The summed E-state index contributed by atoms with van der Waals surface area (Å²) in [4.78, 5) is 19.3. The molecule has 0 spiro atoms. The standard InChI is InChI=1S/C12H12N4O/c17-11(16-12-13-7-4-8-14-12)9-15-10-5-2-1-3-6-10/h1-8,15H,9H2,(H,13,14,16,17). The third kappa shape index (κ3) is 3.57. The van der Waals surface area contributed by atoms with Gasteiger partial charge < -0.3 is 5.32 Å². The van der Waals surface area contributed by atoms with Crippen molar-refractivity contribution in [2.45, 2.75) is 0 Å². The van der Waals surface area contributed by atoms with E-state index in [1.165, 1.54) is 0 Å². The van der Waals surface area contributed by atoms with Crippen LogP contribution in [-0.2, 0) is 4.79 Å². The molecule has 0 unspecified atom stereocenters. The summed E-state index contributed by atoms with van der Waals surface area (Å²) in [5.74, 6) is 0.132. The van der Waals surface area contributed by atoms with E-state index in [0.29, 0.717) is 5.95 Å². The predicted octanol–water partition coefficient (Wildman–Crippen LogP) is 1.53. The highest BCUT2D eigenvalue weighted by Crippen LogP contribution is 2.04. The molecule has 17 heavy (non-hydrogen) atoms. The molecule has 0 fully saturated rings. The Morgan fingerprint density at radius 1 is 1.06 bits per heavy atom. The quantitative estimate of drug-likeness (QED) is 0.832. The minimum absolute atomic E-state index is 0.181. The van der Waals surface area contributed by atoms with E-state index in [4.69, 9.17) is 0 Å². The average Bonchev–Trinajstić information content (AvgIpc) is 2.39. The summed E-state index contributed by atoms with van der Waals surface area (Å²) in [5.41, 5.74) is 0.900. The van der Waals surface area contributed by atoms with Crippen LogP contribution in [0.2, 0.25) is 0 Å². The van der Waals surface area contributed by atoms with Crippen LogP contribution in [0, 0.1) is 0 Å². The van der Waals surface area contributed by atoms with Crippen LogP contribution in [0.25, 0.3) is 0 Å². The maximum atomic E-state index is 11.5. The third-order valence-corrected chi connectivity index (χ3v) is 2.04.